The number of nitrogens with zero attached hydrogens (tertiary/aromatic N) is 3. The highest BCUT2D eigenvalue weighted by molar-refractivity contribution is 7.91. The molecule has 0 spiro atoms. The number of benzene rings is 2. The lowest BCUT2D eigenvalue weighted by atomic mass is 10.0. The average molecular weight is 534 g/mol. The van der Waals surface area contributed by atoms with E-state index in [2.05, 4.69) is 9.97 Å². The molecular weight excluding hydrogens is 505 g/mol. The van der Waals surface area contributed by atoms with Crippen LogP contribution in [-0.2, 0) is 22.7 Å². The van der Waals surface area contributed by atoms with Crippen molar-refractivity contribution in [3.05, 3.63) is 99.6 Å². The molecule has 1 aliphatic rings. The monoisotopic (exact) mass is 533 g/mol. The zero-order chi connectivity index (χ0) is 27.0. The van der Waals surface area contributed by atoms with Gasteiger partial charge in [0.1, 0.15) is 5.82 Å². The van der Waals surface area contributed by atoms with Gasteiger partial charge >= 0.3 is 0 Å². The topological polar surface area (TPSA) is 102 Å². The number of hydrogen-bond acceptors (Lipinski definition) is 6. The summed E-state index contributed by atoms with van der Waals surface area (Å²) in [4.78, 5) is 20.0. The molecule has 1 N–H and O–H groups in total. The first-order chi connectivity index (χ1) is 18.2. The molecule has 9 heteroatoms. The van der Waals surface area contributed by atoms with Crippen molar-refractivity contribution in [1.82, 2.24) is 14.5 Å². The van der Waals surface area contributed by atoms with Crippen molar-refractivity contribution in [1.29, 1.82) is 0 Å². The van der Waals surface area contributed by atoms with Crippen LogP contribution in [0.25, 0.3) is 11.1 Å². The molecule has 0 fully saturated rings. The minimum Gasteiger partial charge on any atom is -0.493 e. The molecule has 38 heavy (non-hydrogen) atoms. The molecule has 0 radical (unpaired) electrons. The minimum absolute atomic E-state index is 0.165. The lowest BCUT2D eigenvalue weighted by Gasteiger charge is -2.23. The Balaban J connectivity index is 1.62. The second kappa shape index (κ2) is 10.1. The fraction of sp³-hybridized carbons (Fsp3) is 0.276. The Labute approximate surface area is 220 Å². The van der Waals surface area contributed by atoms with Crippen molar-refractivity contribution < 1.29 is 17.9 Å². The van der Waals surface area contributed by atoms with Crippen LogP contribution in [0.15, 0.2) is 75.4 Å². The molecular formula is C29H28FN3O4S. The van der Waals surface area contributed by atoms with Crippen molar-refractivity contribution in [3.8, 4) is 17.0 Å². The summed E-state index contributed by atoms with van der Waals surface area (Å²) in [6, 6.07) is 14.9. The summed E-state index contributed by atoms with van der Waals surface area (Å²) in [5.41, 5.74) is 2.65. The van der Waals surface area contributed by atoms with Gasteiger partial charge in [0.15, 0.2) is 4.90 Å². The fourth-order valence-corrected chi connectivity index (χ4v) is 6.52. The fourth-order valence-electron chi connectivity index (χ4n) is 5.18. The van der Waals surface area contributed by atoms with Crippen molar-refractivity contribution in [2.24, 2.45) is 0 Å². The van der Waals surface area contributed by atoms with Gasteiger partial charge in [0.05, 0.1) is 10.9 Å². The Bertz CT molecular complexity index is 1680. The molecule has 2 heterocycles. The summed E-state index contributed by atoms with van der Waals surface area (Å²) < 4.78 is 42.9. The predicted octanol–water partition coefficient (Wildman–Crippen LogP) is 5.17. The van der Waals surface area contributed by atoms with Crippen LogP contribution < -0.4 is 5.56 Å². The third-order valence-electron chi connectivity index (χ3n) is 7.19. The third-order valence-corrected chi connectivity index (χ3v) is 8.98. The van der Waals surface area contributed by atoms with Gasteiger partial charge in [-0.1, -0.05) is 49.7 Å². The SMILES string of the molecule is CCCCc1nc(=O)c(S(=O)(=O)c2ccc(-c3ccnc(F)c3C)cc2)c(O)n1[C@H]1CCc2ccccc21. The molecule has 0 unspecified atom stereocenters. The van der Waals surface area contributed by atoms with Gasteiger partial charge < -0.3 is 5.11 Å². The van der Waals surface area contributed by atoms with Crippen molar-refractivity contribution in [2.75, 3.05) is 0 Å². The van der Waals surface area contributed by atoms with Crippen LogP contribution in [0.3, 0.4) is 0 Å². The van der Waals surface area contributed by atoms with E-state index in [1.54, 1.807) is 25.1 Å². The number of aromatic hydroxyl groups is 1. The van der Waals surface area contributed by atoms with E-state index in [0.29, 0.717) is 35.4 Å². The number of aromatic nitrogens is 3. The highest BCUT2D eigenvalue weighted by atomic mass is 32.2. The number of halogens is 1. The minimum atomic E-state index is -4.42. The zero-order valence-electron chi connectivity index (χ0n) is 21.2. The van der Waals surface area contributed by atoms with Crippen LogP contribution in [0, 0.1) is 12.9 Å². The first-order valence-electron chi connectivity index (χ1n) is 12.6. The maximum absolute atomic E-state index is 13.9. The first kappa shape index (κ1) is 25.8. The summed E-state index contributed by atoms with van der Waals surface area (Å²) in [6.07, 6.45) is 4.81. The van der Waals surface area contributed by atoms with Gasteiger partial charge in [0.2, 0.25) is 21.7 Å². The largest absolute Gasteiger partial charge is 0.493 e. The molecule has 0 bridgehead atoms. The highest BCUT2D eigenvalue weighted by Gasteiger charge is 2.34. The predicted molar refractivity (Wildman–Crippen MR) is 141 cm³/mol. The molecule has 196 valence electrons. The summed E-state index contributed by atoms with van der Waals surface area (Å²) in [5, 5.41) is 11.4. The second-order valence-electron chi connectivity index (χ2n) is 9.51. The smallest absolute Gasteiger partial charge is 0.296 e. The summed E-state index contributed by atoms with van der Waals surface area (Å²) in [6.45, 7) is 3.60. The van der Waals surface area contributed by atoms with E-state index in [1.807, 2.05) is 31.2 Å². The molecule has 0 saturated carbocycles. The maximum Gasteiger partial charge on any atom is 0.296 e. The van der Waals surface area contributed by atoms with Crippen LogP contribution in [0.5, 0.6) is 5.88 Å². The zero-order valence-corrected chi connectivity index (χ0v) is 22.0. The molecule has 2 aromatic heterocycles. The normalized spacial score (nSPS) is 15.0. The Morgan fingerprint density at radius 1 is 1.11 bits per heavy atom. The Hall–Kier alpha value is -3.85. The average Bonchev–Trinajstić information content (AvgIpc) is 3.32. The number of fused-ring (bicyclic) bond motifs is 1. The van der Waals surface area contributed by atoms with Crippen LogP contribution in [-0.4, -0.2) is 28.1 Å². The summed E-state index contributed by atoms with van der Waals surface area (Å²) in [5.74, 6) is -0.818. The van der Waals surface area contributed by atoms with E-state index in [4.69, 9.17) is 0 Å². The maximum atomic E-state index is 13.9. The summed E-state index contributed by atoms with van der Waals surface area (Å²) >= 11 is 0. The van der Waals surface area contributed by atoms with Gasteiger partial charge in [0.25, 0.3) is 5.56 Å². The van der Waals surface area contributed by atoms with E-state index in [-0.39, 0.29) is 10.9 Å². The van der Waals surface area contributed by atoms with Crippen LogP contribution in [0.2, 0.25) is 0 Å². The van der Waals surface area contributed by atoms with Crippen LogP contribution >= 0.6 is 0 Å². The number of sulfone groups is 1. The number of hydrogen-bond donors (Lipinski definition) is 1. The van der Waals surface area contributed by atoms with Crippen molar-refractivity contribution in [3.63, 3.8) is 0 Å². The van der Waals surface area contributed by atoms with Gasteiger partial charge in [-0.3, -0.25) is 9.36 Å². The van der Waals surface area contributed by atoms with Crippen molar-refractivity contribution >= 4 is 9.84 Å². The third kappa shape index (κ3) is 4.41. The molecule has 0 aliphatic heterocycles. The van der Waals surface area contributed by atoms with Crippen LogP contribution in [0.4, 0.5) is 4.39 Å². The molecule has 7 nitrogen and oxygen atoms in total. The lowest BCUT2D eigenvalue weighted by molar-refractivity contribution is 0.361. The van der Waals surface area contributed by atoms with Gasteiger partial charge in [-0.15, -0.1) is 0 Å². The molecule has 4 aromatic rings. The first-order valence-corrected chi connectivity index (χ1v) is 14.1. The molecule has 0 amide bonds. The van der Waals surface area contributed by atoms with Gasteiger partial charge in [0, 0.05) is 18.2 Å². The highest BCUT2D eigenvalue weighted by Crippen LogP contribution is 2.39. The molecule has 0 saturated heterocycles. The number of aryl methyl sites for hydroxylation is 2. The standard InChI is InChI=1S/C29H28FN3O4S/c1-3-4-9-25-32-28(34)26(29(35)33(25)24-15-12-19-7-5-6-8-23(19)24)38(36,37)21-13-10-20(11-14-21)22-16-17-31-27(30)18(22)2/h5-8,10-11,13-14,16-17,24,35H,3-4,9,12,15H2,1-2H3/t24-/m0/s1. The van der Waals surface area contributed by atoms with Gasteiger partial charge in [-0.2, -0.15) is 9.37 Å². The van der Waals surface area contributed by atoms with E-state index in [9.17, 15) is 22.7 Å². The van der Waals surface area contributed by atoms with E-state index < -0.39 is 32.1 Å². The number of pyridine rings is 1. The number of unbranched alkanes of at least 4 members (excludes halogenated alkanes) is 1. The molecule has 2 aromatic carbocycles. The van der Waals surface area contributed by atoms with Crippen molar-refractivity contribution in [2.45, 2.75) is 61.8 Å². The summed E-state index contributed by atoms with van der Waals surface area (Å²) in [7, 11) is -4.42. The van der Waals surface area contributed by atoms with Gasteiger partial charge in [-0.05, 0) is 66.6 Å². The Morgan fingerprint density at radius 2 is 1.84 bits per heavy atom. The Kier molecular flexibility index (Phi) is 6.88. The number of rotatable bonds is 7. The lowest BCUT2D eigenvalue weighted by Crippen LogP contribution is -2.27. The van der Waals surface area contributed by atoms with E-state index in [0.717, 1.165) is 30.4 Å². The Morgan fingerprint density at radius 3 is 2.58 bits per heavy atom. The molecule has 1 aliphatic carbocycles. The second-order valence-corrected chi connectivity index (χ2v) is 11.4. The van der Waals surface area contributed by atoms with E-state index in [1.165, 1.54) is 22.9 Å². The molecule has 5 rings (SSSR count). The quantitative estimate of drug-likeness (QED) is 0.329. The van der Waals surface area contributed by atoms with Crippen LogP contribution in [0.1, 0.15) is 54.7 Å². The van der Waals surface area contributed by atoms with E-state index >= 15 is 0 Å². The van der Waals surface area contributed by atoms with Gasteiger partial charge in [-0.25, -0.2) is 13.4 Å². The molecule has 1 atom stereocenters.